The Labute approximate surface area is 100 Å². The zero-order valence-electron chi connectivity index (χ0n) is 9.88. The molecular weight excluding hydrogens is 212 g/mol. The van der Waals surface area contributed by atoms with Crippen LogP contribution in [0.4, 0.5) is 17.3 Å². The van der Waals surface area contributed by atoms with Crippen molar-refractivity contribution in [1.29, 1.82) is 0 Å². The predicted molar refractivity (Wildman–Crippen MR) is 68.4 cm³/mol. The number of hydrogen-bond donors (Lipinski definition) is 1. The summed E-state index contributed by atoms with van der Waals surface area (Å²) in [6, 6.07) is 8.31. The lowest BCUT2D eigenvalue weighted by Crippen LogP contribution is -2.29. The van der Waals surface area contributed by atoms with Crippen molar-refractivity contribution in [2.45, 2.75) is 20.0 Å². The Balaban J connectivity index is 2.13. The van der Waals surface area contributed by atoms with Crippen LogP contribution in [0, 0.1) is 6.92 Å². The minimum atomic E-state index is 0.175. The van der Waals surface area contributed by atoms with Crippen molar-refractivity contribution in [1.82, 2.24) is 9.97 Å². The van der Waals surface area contributed by atoms with E-state index < -0.39 is 0 Å². The quantitative estimate of drug-likeness (QED) is 0.811. The number of benzene rings is 1. The Morgan fingerprint density at radius 1 is 1.18 bits per heavy atom. The molecule has 4 nitrogen and oxygen atoms in total. The molecule has 1 aliphatic heterocycles. The van der Waals surface area contributed by atoms with Gasteiger partial charge in [-0.3, -0.25) is 0 Å². The van der Waals surface area contributed by atoms with Crippen LogP contribution >= 0.6 is 0 Å². The molecule has 1 N–H and O–H groups in total. The molecule has 0 radical (unpaired) electrons. The largest absolute Gasteiger partial charge is 0.347 e. The van der Waals surface area contributed by atoms with Crippen LogP contribution in [0.2, 0.25) is 0 Å². The monoisotopic (exact) mass is 226 g/mol. The van der Waals surface area contributed by atoms with E-state index in [1.807, 2.05) is 12.1 Å². The van der Waals surface area contributed by atoms with Crippen LogP contribution in [-0.2, 0) is 0 Å². The number of nitrogens with zero attached hydrogens (tertiary/aromatic N) is 3. The van der Waals surface area contributed by atoms with Crippen LogP contribution in [0.3, 0.4) is 0 Å². The Hall–Kier alpha value is -2.10. The lowest BCUT2D eigenvalue weighted by atomic mass is 10.2. The second kappa shape index (κ2) is 3.73. The van der Waals surface area contributed by atoms with Crippen molar-refractivity contribution in [3.05, 3.63) is 42.2 Å². The summed E-state index contributed by atoms with van der Waals surface area (Å²) in [7, 11) is 0. The summed E-state index contributed by atoms with van der Waals surface area (Å²) in [6.45, 7) is 4.21. The lowest BCUT2D eigenvalue weighted by Gasteiger charge is -2.24. The summed E-state index contributed by atoms with van der Waals surface area (Å²) in [5.41, 5.74) is 2.41. The molecule has 4 heteroatoms. The zero-order chi connectivity index (χ0) is 11.8. The van der Waals surface area contributed by atoms with E-state index in [1.165, 1.54) is 11.3 Å². The van der Waals surface area contributed by atoms with Gasteiger partial charge in [-0.2, -0.15) is 0 Å². The van der Waals surface area contributed by atoms with Gasteiger partial charge < -0.3 is 10.2 Å². The zero-order valence-corrected chi connectivity index (χ0v) is 9.88. The first-order valence-corrected chi connectivity index (χ1v) is 5.70. The van der Waals surface area contributed by atoms with Crippen LogP contribution in [0.25, 0.3) is 0 Å². The third-order valence-electron chi connectivity index (χ3n) is 3.02. The lowest BCUT2D eigenvalue weighted by molar-refractivity contribution is 0.831. The molecule has 0 saturated carbocycles. The van der Waals surface area contributed by atoms with Gasteiger partial charge in [-0.15, -0.1) is 0 Å². The summed E-state index contributed by atoms with van der Waals surface area (Å²) in [5.74, 6) is 1.75. The van der Waals surface area contributed by atoms with Crippen molar-refractivity contribution in [3.8, 4) is 0 Å². The maximum absolute atomic E-state index is 4.41. The molecule has 0 spiro atoms. The Morgan fingerprint density at radius 3 is 2.76 bits per heavy atom. The van der Waals surface area contributed by atoms with E-state index in [0.717, 1.165) is 11.6 Å². The van der Waals surface area contributed by atoms with E-state index >= 15 is 0 Å². The van der Waals surface area contributed by atoms with Gasteiger partial charge in [0.2, 0.25) is 0 Å². The van der Waals surface area contributed by atoms with Crippen LogP contribution < -0.4 is 10.2 Å². The SMILES string of the molecule is Cc1ccccc1N1c2nccnc2NC1C. The van der Waals surface area contributed by atoms with E-state index in [0.29, 0.717) is 0 Å². The van der Waals surface area contributed by atoms with Crippen molar-refractivity contribution in [2.24, 2.45) is 0 Å². The molecule has 0 aliphatic carbocycles. The van der Waals surface area contributed by atoms with E-state index in [9.17, 15) is 0 Å². The number of aromatic nitrogens is 2. The van der Waals surface area contributed by atoms with E-state index in [2.05, 4.69) is 46.2 Å². The Bertz CT molecular complexity index is 553. The number of aryl methyl sites for hydroxylation is 1. The third-order valence-corrected chi connectivity index (χ3v) is 3.02. The van der Waals surface area contributed by atoms with Crippen molar-refractivity contribution in [2.75, 3.05) is 10.2 Å². The molecule has 2 heterocycles. The molecule has 1 atom stereocenters. The first kappa shape index (κ1) is 10.1. The summed E-state index contributed by atoms with van der Waals surface area (Å²) in [4.78, 5) is 10.9. The van der Waals surface area contributed by atoms with Gasteiger partial charge in [0.25, 0.3) is 0 Å². The van der Waals surface area contributed by atoms with Gasteiger partial charge in [0.15, 0.2) is 11.6 Å². The molecule has 3 rings (SSSR count). The standard InChI is InChI=1S/C13H14N4/c1-9-5-3-4-6-11(9)17-10(2)16-12-13(17)15-8-7-14-12/h3-8,10H,1-2H3,(H,14,16). The molecule has 1 aliphatic rings. The number of rotatable bonds is 1. The summed E-state index contributed by atoms with van der Waals surface area (Å²) in [5, 5.41) is 3.33. The molecule has 1 aromatic heterocycles. The highest BCUT2D eigenvalue weighted by atomic mass is 15.4. The molecule has 86 valence electrons. The summed E-state index contributed by atoms with van der Waals surface area (Å²) >= 11 is 0. The highest BCUT2D eigenvalue weighted by Crippen LogP contribution is 2.37. The van der Waals surface area contributed by atoms with Crippen LogP contribution in [0.5, 0.6) is 0 Å². The highest BCUT2D eigenvalue weighted by Gasteiger charge is 2.29. The smallest absolute Gasteiger partial charge is 0.178 e. The van der Waals surface area contributed by atoms with Crippen LogP contribution in [0.1, 0.15) is 12.5 Å². The third kappa shape index (κ3) is 1.53. The van der Waals surface area contributed by atoms with Gasteiger partial charge in [-0.1, -0.05) is 18.2 Å². The fraction of sp³-hybridized carbons (Fsp3) is 0.231. The minimum absolute atomic E-state index is 0.175. The number of fused-ring (bicyclic) bond motifs is 1. The molecule has 1 aromatic carbocycles. The molecule has 0 saturated heterocycles. The topological polar surface area (TPSA) is 41.1 Å². The average molecular weight is 226 g/mol. The molecule has 17 heavy (non-hydrogen) atoms. The van der Waals surface area contributed by atoms with Gasteiger partial charge in [0, 0.05) is 18.1 Å². The normalized spacial score (nSPS) is 17.8. The second-order valence-electron chi connectivity index (χ2n) is 4.21. The number of nitrogens with one attached hydrogen (secondary N) is 1. The fourth-order valence-corrected chi connectivity index (χ4v) is 2.21. The van der Waals surface area contributed by atoms with Gasteiger partial charge in [0.05, 0.1) is 0 Å². The summed E-state index contributed by atoms with van der Waals surface area (Å²) in [6.07, 6.45) is 3.61. The highest BCUT2D eigenvalue weighted by molar-refractivity contribution is 5.77. The Kier molecular flexibility index (Phi) is 2.21. The van der Waals surface area contributed by atoms with Gasteiger partial charge >= 0.3 is 0 Å². The van der Waals surface area contributed by atoms with Gasteiger partial charge in [0.1, 0.15) is 6.17 Å². The fourth-order valence-electron chi connectivity index (χ4n) is 2.21. The van der Waals surface area contributed by atoms with Gasteiger partial charge in [-0.25, -0.2) is 9.97 Å². The molecule has 1 unspecified atom stereocenters. The van der Waals surface area contributed by atoms with Gasteiger partial charge in [-0.05, 0) is 25.5 Å². The number of hydrogen-bond acceptors (Lipinski definition) is 4. The average Bonchev–Trinajstić information content (AvgIpc) is 2.66. The first-order chi connectivity index (χ1) is 8.27. The molecule has 0 fully saturated rings. The van der Waals surface area contributed by atoms with E-state index in [4.69, 9.17) is 0 Å². The van der Waals surface area contributed by atoms with Crippen molar-refractivity contribution >= 4 is 17.3 Å². The van der Waals surface area contributed by atoms with Crippen LogP contribution in [-0.4, -0.2) is 16.1 Å². The molecule has 2 aromatic rings. The summed E-state index contributed by atoms with van der Waals surface area (Å²) < 4.78 is 0. The molecule has 0 bridgehead atoms. The predicted octanol–water partition coefficient (Wildman–Crippen LogP) is 2.69. The van der Waals surface area contributed by atoms with Crippen molar-refractivity contribution in [3.63, 3.8) is 0 Å². The van der Waals surface area contributed by atoms with E-state index in [1.54, 1.807) is 12.4 Å². The van der Waals surface area contributed by atoms with Crippen molar-refractivity contribution < 1.29 is 0 Å². The van der Waals surface area contributed by atoms with E-state index in [-0.39, 0.29) is 6.17 Å². The van der Waals surface area contributed by atoms with Crippen LogP contribution in [0.15, 0.2) is 36.7 Å². The number of para-hydroxylation sites is 1. The second-order valence-corrected chi connectivity index (χ2v) is 4.21. The Morgan fingerprint density at radius 2 is 1.94 bits per heavy atom. The maximum Gasteiger partial charge on any atom is 0.178 e. The molecular formula is C13H14N4. The minimum Gasteiger partial charge on any atom is -0.347 e. The first-order valence-electron chi connectivity index (χ1n) is 5.70. The number of anilines is 3. The molecule has 0 amide bonds. The maximum atomic E-state index is 4.41.